The highest BCUT2D eigenvalue weighted by Crippen LogP contribution is 2.27. The number of hydrogen-bond acceptors (Lipinski definition) is 8. The first-order valence-electron chi connectivity index (χ1n) is 9.83. The molecule has 0 radical (unpaired) electrons. The van der Waals surface area contributed by atoms with Crippen LogP contribution in [0.4, 0.5) is 23.0 Å². The average Bonchev–Trinajstić information content (AvgIpc) is 2.80. The Balaban J connectivity index is 1.55. The molecular weight excluding hydrogens is 414 g/mol. The molecule has 0 saturated carbocycles. The molecule has 1 fully saturated rings. The second-order valence-corrected chi connectivity index (χ2v) is 7.52. The van der Waals surface area contributed by atoms with Gasteiger partial charge in [0.15, 0.2) is 0 Å². The van der Waals surface area contributed by atoms with Gasteiger partial charge in [0, 0.05) is 42.5 Å². The lowest BCUT2D eigenvalue weighted by Crippen LogP contribution is -2.37. The summed E-state index contributed by atoms with van der Waals surface area (Å²) >= 11 is 1.54. The molecule has 0 bridgehead atoms. The first kappa shape index (κ1) is 21.0. The average molecular weight is 438 g/mol. The molecular formula is C22H23N5O3S. The molecule has 0 unspecified atom stereocenters. The molecule has 0 spiro atoms. The Bertz CT molecular complexity index is 1060. The van der Waals surface area contributed by atoms with Gasteiger partial charge in [-0.15, -0.1) is 0 Å². The van der Waals surface area contributed by atoms with Crippen molar-refractivity contribution in [3.63, 3.8) is 0 Å². The number of aromatic nitrogens is 2. The quantitative estimate of drug-likeness (QED) is 0.472. The number of hydrogen-bond donors (Lipinski definition) is 3. The zero-order valence-corrected chi connectivity index (χ0v) is 17.9. The highest BCUT2D eigenvalue weighted by atomic mass is 32.2. The van der Waals surface area contributed by atoms with E-state index in [1.807, 2.05) is 53.6 Å². The Hall–Kier alpha value is -3.30. The van der Waals surface area contributed by atoms with Crippen molar-refractivity contribution < 1.29 is 14.6 Å². The summed E-state index contributed by atoms with van der Waals surface area (Å²) < 4.78 is 8.55. The van der Waals surface area contributed by atoms with Crippen LogP contribution in [0.5, 0.6) is 0 Å². The second kappa shape index (κ2) is 9.67. The summed E-state index contributed by atoms with van der Waals surface area (Å²) in [6.45, 7) is 2.52. The zero-order valence-electron chi connectivity index (χ0n) is 17.0. The minimum atomic E-state index is -0.973. The molecule has 0 aliphatic carbocycles. The summed E-state index contributed by atoms with van der Waals surface area (Å²) in [5, 5.41) is 12.8. The van der Waals surface area contributed by atoms with E-state index in [0.717, 1.165) is 16.9 Å². The van der Waals surface area contributed by atoms with E-state index in [1.165, 1.54) is 11.9 Å². The van der Waals surface area contributed by atoms with Crippen molar-refractivity contribution in [3.05, 3.63) is 60.3 Å². The number of rotatable bonds is 7. The third-order valence-electron chi connectivity index (χ3n) is 4.89. The Labute approximate surface area is 184 Å². The number of benzene rings is 2. The molecule has 3 N–H and O–H groups in total. The number of anilines is 4. The number of ether oxygens (including phenoxy) is 1. The van der Waals surface area contributed by atoms with Gasteiger partial charge in [-0.3, -0.25) is 0 Å². The summed E-state index contributed by atoms with van der Waals surface area (Å²) in [5.74, 6) is -0.571. The smallest absolute Gasteiger partial charge is 0.337 e. The fourth-order valence-electron chi connectivity index (χ4n) is 3.40. The van der Waals surface area contributed by atoms with Crippen LogP contribution < -0.4 is 14.9 Å². The lowest BCUT2D eigenvalue weighted by Gasteiger charge is -2.30. The summed E-state index contributed by atoms with van der Waals surface area (Å²) in [4.78, 5) is 22.8. The van der Waals surface area contributed by atoms with Crippen molar-refractivity contribution in [1.82, 2.24) is 9.97 Å². The van der Waals surface area contributed by atoms with Crippen LogP contribution in [-0.2, 0) is 4.74 Å². The van der Waals surface area contributed by atoms with Crippen LogP contribution >= 0.6 is 11.9 Å². The molecule has 0 atom stereocenters. The molecule has 9 heteroatoms. The third kappa shape index (κ3) is 5.07. The fourth-order valence-corrected chi connectivity index (χ4v) is 3.77. The van der Waals surface area contributed by atoms with Crippen molar-refractivity contribution in [2.45, 2.75) is 0 Å². The van der Waals surface area contributed by atoms with E-state index in [4.69, 9.17) is 4.74 Å². The van der Waals surface area contributed by atoms with Crippen LogP contribution in [0.2, 0.25) is 0 Å². The Morgan fingerprint density at radius 3 is 2.55 bits per heavy atom. The number of nitrogens with zero attached hydrogens (tertiary/aromatic N) is 3. The Morgan fingerprint density at radius 1 is 1.10 bits per heavy atom. The maximum absolute atomic E-state index is 11.9. The van der Waals surface area contributed by atoms with Gasteiger partial charge in [-0.1, -0.05) is 24.1 Å². The highest BCUT2D eigenvalue weighted by Gasteiger charge is 2.19. The maximum atomic E-state index is 11.9. The first-order valence-corrected chi connectivity index (χ1v) is 11.1. The van der Waals surface area contributed by atoms with Crippen molar-refractivity contribution in [3.8, 4) is 11.3 Å². The molecule has 3 aromatic rings. The molecule has 1 aliphatic heterocycles. The van der Waals surface area contributed by atoms with E-state index in [0.29, 0.717) is 43.6 Å². The molecule has 1 aliphatic rings. The van der Waals surface area contributed by atoms with Gasteiger partial charge in [0.05, 0.1) is 30.2 Å². The molecule has 2 heterocycles. The highest BCUT2D eigenvalue weighted by molar-refractivity contribution is 7.99. The van der Waals surface area contributed by atoms with Gasteiger partial charge in [0.25, 0.3) is 0 Å². The minimum absolute atomic E-state index is 0.236. The lowest BCUT2D eigenvalue weighted by molar-refractivity contribution is 0.0696. The number of carboxylic acids is 1. The lowest BCUT2D eigenvalue weighted by atomic mass is 10.1. The molecule has 0 amide bonds. The Kier molecular flexibility index (Phi) is 6.54. The van der Waals surface area contributed by atoms with E-state index >= 15 is 0 Å². The molecule has 31 heavy (non-hydrogen) atoms. The molecule has 1 saturated heterocycles. The summed E-state index contributed by atoms with van der Waals surface area (Å²) in [6, 6.07) is 15.1. The second-order valence-electron chi connectivity index (χ2n) is 6.91. The molecule has 2 aromatic carbocycles. The van der Waals surface area contributed by atoms with Crippen LogP contribution in [-0.4, -0.2) is 53.6 Å². The van der Waals surface area contributed by atoms with Gasteiger partial charge in [-0.25, -0.2) is 14.8 Å². The topological polar surface area (TPSA) is 99.6 Å². The summed E-state index contributed by atoms with van der Waals surface area (Å²) in [7, 11) is 0. The SMILES string of the molecule is CSNc1ccc(-c2ccnc(Nc3ccc(N4CCOCC4)c(C(=O)O)c3)n2)cc1. The fraction of sp³-hybridized carbons (Fsp3) is 0.227. The van der Waals surface area contributed by atoms with E-state index in [2.05, 4.69) is 20.0 Å². The van der Waals surface area contributed by atoms with Gasteiger partial charge in [-0.05, 0) is 36.4 Å². The van der Waals surface area contributed by atoms with Gasteiger partial charge < -0.3 is 24.8 Å². The van der Waals surface area contributed by atoms with Crippen LogP contribution in [0, 0.1) is 0 Å². The van der Waals surface area contributed by atoms with Crippen LogP contribution in [0.1, 0.15) is 10.4 Å². The predicted octanol–water partition coefficient (Wildman–Crippen LogP) is 4.11. The van der Waals surface area contributed by atoms with E-state index in [-0.39, 0.29) is 5.56 Å². The normalized spacial score (nSPS) is 13.6. The summed E-state index contributed by atoms with van der Waals surface area (Å²) in [5.41, 5.74) is 4.30. The molecule has 1 aromatic heterocycles. The largest absolute Gasteiger partial charge is 0.478 e. The van der Waals surface area contributed by atoms with Gasteiger partial charge in [0.1, 0.15) is 0 Å². The molecule has 160 valence electrons. The number of morpholine rings is 1. The Morgan fingerprint density at radius 2 is 1.84 bits per heavy atom. The summed E-state index contributed by atoms with van der Waals surface area (Å²) in [6.07, 6.45) is 3.65. The predicted molar refractivity (Wildman–Crippen MR) is 124 cm³/mol. The van der Waals surface area contributed by atoms with Gasteiger partial charge in [0.2, 0.25) is 5.95 Å². The monoisotopic (exact) mass is 437 g/mol. The van der Waals surface area contributed by atoms with Crippen LogP contribution in [0.15, 0.2) is 54.7 Å². The molecule has 4 rings (SSSR count). The molecule has 8 nitrogen and oxygen atoms in total. The third-order valence-corrected chi connectivity index (χ3v) is 5.33. The number of carboxylic acid groups (broad SMARTS) is 1. The zero-order chi connectivity index (χ0) is 21.6. The number of carbonyl (C=O) groups is 1. The van der Waals surface area contributed by atoms with Crippen molar-refractivity contribution in [2.24, 2.45) is 0 Å². The first-order chi connectivity index (χ1) is 15.1. The minimum Gasteiger partial charge on any atom is -0.478 e. The van der Waals surface area contributed by atoms with E-state index in [9.17, 15) is 9.90 Å². The van der Waals surface area contributed by atoms with Crippen molar-refractivity contribution >= 4 is 40.9 Å². The van der Waals surface area contributed by atoms with Gasteiger partial charge >= 0.3 is 5.97 Å². The standard InChI is InChI=1S/C22H23N5O3S/c1-31-26-16-4-2-15(3-5-16)19-8-9-23-22(25-19)24-17-6-7-20(18(14-17)21(28)29)27-10-12-30-13-11-27/h2-9,14,26H,10-13H2,1H3,(H,28,29)(H,23,24,25). The van der Waals surface area contributed by atoms with E-state index < -0.39 is 5.97 Å². The van der Waals surface area contributed by atoms with Crippen molar-refractivity contribution in [2.75, 3.05) is 47.5 Å². The van der Waals surface area contributed by atoms with Crippen LogP contribution in [0.3, 0.4) is 0 Å². The van der Waals surface area contributed by atoms with Crippen LogP contribution in [0.25, 0.3) is 11.3 Å². The number of aromatic carboxylic acids is 1. The van der Waals surface area contributed by atoms with Gasteiger partial charge in [-0.2, -0.15) is 0 Å². The van der Waals surface area contributed by atoms with Crippen molar-refractivity contribution in [1.29, 1.82) is 0 Å². The maximum Gasteiger partial charge on any atom is 0.337 e. The van der Waals surface area contributed by atoms with E-state index in [1.54, 1.807) is 12.3 Å². The number of nitrogens with one attached hydrogen (secondary N) is 2.